The lowest BCUT2D eigenvalue weighted by molar-refractivity contribution is -0.149. The minimum absolute atomic E-state index is 0.279. The van der Waals surface area contributed by atoms with E-state index < -0.39 is 6.10 Å². The molecule has 0 saturated carbocycles. The van der Waals surface area contributed by atoms with Crippen molar-refractivity contribution in [3.8, 4) is 11.5 Å². The first kappa shape index (κ1) is 19.2. The van der Waals surface area contributed by atoms with E-state index in [2.05, 4.69) is 42.2 Å². The second-order valence-corrected chi connectivity index (χ2v) is 7.46. The van der Waals surface area contributed by atoms with Crippen LogP contribution in [0.25, 0.3) is 11.5 Å². The Balaban J connectivity index is 1.49. The number of carbonyl (C=O) groups excluding carboxylic acids is 1. The summed E-state index contributed by atoms with van der Waals surface area (Å²) < 4.78 is 11.0. The predicted molar refractivity (Wildman–Crippen MR) is 105 cm³/mol. The van der Waals surface area contributed by atoms with E-state index >= 15 is 0 Å². The van der Waals surface area contributed by atoms with Gasteiger partial charge >= 0.3 is 5.97 Å². The molecule has 0 aliphatic carbocycles. The molecule has 140 valence electrons. The van der Waals surface area contributed by atoms with E-state index in [1.165, 1.54) is 11.1 Å². The average molecular weight is 382 g/mol. The van der Waals surface area contributed by atoms with Crippen LogP contribution < -0.4 is 0 Å². The molecule has 3 rings (SSSR count). The lowest BCUT2D eigenvalue weighted by atomic mass is 10.1. The third-order valence-corrected chi connectivity index (χ3v) is 5.17. The number of aryl methyl sites for hydroxylation is 2. The Morgan fingerprint density at radius 2 is 1.89 bits per heavy atom. The molecule has 27 heavy (non-hydrogen) atoms. The van der Waals surface area contributed by atoms with Crippen LogP contribution in [0.2, 0.25) is 0 Å². The molecular formula is C21H22N2O3S. The number of rotatable bonds is 7. The molecular weight excluding hydrogens is 360 g/mol. The van der Waals surface area contributed by atoms with Gasteiger partial charge in [-0.1, -0.05) is 24.3 Å². The number of benzene rings is 2. The fraction of sp³-hybridized carbons (Fsp3) is 0.286. The highest BCUT2D eigenvalue weighted by Gasteiger charge is 2.18. The van der Waals surface area contributed by atoms with Crippen molar-refractivity contribution in [3.63, 3.8) is 0 Å². The Morgan fingerprint density at radius 3 is 2.63 bits per heavy atom. The van der Waals surface area contributed by atoms with Gasteiger partial charge in [0, 0.05) is 16.2 Å². The van der Waals surface area contributed by atoms with Crippen LogP contribution in [0.5, 0.6) is 0 Å². The van der Waals surface area contributed by atoms with E-state index in [1.807, 2.05) is 30.3 Å². The maximum atomic E-state index is 12.1. The molecule has 1 heterocycles. The van der Waals surface area contributed by atoms with Crippen LogP contribution in [0.3, 0.4) is 0 Å². The molecule has 1 atom stereocenters. The van der Waals surface area contributed by atoms with Gasteiger partial charge in [-0.3, -0.25) is 4.79 Å². The fourth-order valence-corrected chi connectivity index (χ4v) is 3.39. The zero-order valence-electron chi connectivity index (χ0n) is 15.6. The van der Waals surface area contributed by atoms with E-state index in [-0.39, 0.29) is 5.97 Å². The van der Waals surface area contributed by atoms with Gasteiger partial charge in [-0.15, -0.1) is 22.0 Å². The number of nitrogens with zero attached hydrogens (tertiary/aromatic N) is 2. The summed E-state index contributed by atoms with van der Waals surface area (Å²) in [5.41, 5.74) is 3.35. The zero-order valence-corrected chi connectivity index (χ0v) is 16.5. The topological polar surface area (TPSA) is 65.2 Å². The molecule has 1 aromatic heterocycles. The average Bonchev–Trinajstić information content (AvgIpc) is 3.16. The predicted octanol–water partition coefficient (Wildman–Crippen LogP) is 5.14. The smallest absolute Gasteiger partial charge is 0.307 e. The Bertz CT molecular complexity index is 909. The van der Waals surface area contributed by atoms with Crippen LogP contribution in [0.4, 0.5) is 0 Å². The lowest BCUT2D eigenvalue weighted by Gasteiger charge is -2.09. The lowest BCUT2D eigenvalue weighted by Crippen LogP contribution is -2.09. The standard InChI is InChI=1S/C21H22N2O3S/c1-14-9-10-18(13-15(14)2)27-12-11-19(24)25-16(3)20-22-23-21(26-20)17-7-5-4-6-8-17/h4-10,13,16H,11-12H2,1-3H3. The van der Waals surface area contributed by atoms with E-state index in [0.717, 1.165) is 10.5 Å². The number of carbonyl (C=O) groups is 1. The van der Waals surface area contributed by atoms with Gasteiger partial charge in [0.25, 0.3) is 5.89 Å². The van der Waals surface area contributed by atoms with E-state index in [1.54, 1.807) is 18.7 Å². The maximum Gasteiger partial charge on any atom is 0.307 e. The summed E-state index contributed by atoms with van der Waals surface area (Å²) in [6, 6.07) is 15.8. The van der Waals surface area contributed by atoms with Gasteiger partial charge in [0.1, 0.15) is 0 Å². The van der Waals surface area contributed by atoms with Gasteiger partial charge in [0.2, 0.25) is 5.89 Å². The van der Waals surface area contributed by atoms with Crippen LogP contribution in [0.1, 0.15) is 36.5 Å². The number of ether oxygens (including phenoxy) is 1. The molecule has 0 aliphatic rings. The summed E-state index contributed by atoms with van der Waals surface area (Å²) in [4.78, 5) is 13.2. The molecule has 6 heteroatoms. The maximum absolute atomic E-state index is 12.1. The number of esters is 1. The van der Waals surface area contributed by atoms with E-state index in [9.17, 15) is 4.79 Å². The summed E-state index contributed by atoms with van der Waals surface area (Å²) in [5, 5.41) is 8.01. The second kappa shape index (κ2) is 8.86. The van der Waals surface area contributed by atoms with E-state index in [4.69, 9.17) is 9.15 Å². The minimum atomic E-state index is -0.575. The monoisotopic (exact) mass is 382 g/mol. The van der Waals surface area contributed by atoms with Crippen molar-refractivity contribution in [1.29, 1.82) is 0 Å². The van der Waals surface area contributed by atoms with Crippen LogP contribution >= 0.6 is 11.8 Å². The largest absolute Gasteiger partial charge is 0.453 e. The first-order valence-electron chi connectivity index (χ1n) is 8.81. The molecule has 1 unspecified atom stereocenters. The van der Waals surface area contributed by atoms with Crippen molar-refractivity contribution >= 4 is 17.7 Å². The van der Waals surface area contributed by atoms with E-state index in [0.29, 0.717) is 24.0 Å². The summed E-state index contributed by atoms with van der Waals surface area (Å²) >= 11 is 1.64. The van der Waals surface area contributed by atoms with Crippen molar-refractivity contribution in [3.05, 3.63) is 65.5 Å². The van der Waals surface area contributed by atoms with Crippen LogP contribution in [0, 0.1) is 13.8 Å². The summed E-state index contributed by atoms with van der Waals surface area (Å²) in [6.45, 7) is 5.91. The van der Waals surface area contributed by atoms with Crippen molar-refractivity contribution in [2.24, 2.45) is 0 Å². The number of thioether (sulfide) groups is 1. The highest BCUT2D eigenvalue weighted by Crippen LogP contribution is 2.24. The molecule has 0 N–H and O–H groups in total. The molecule has 0 bridgehead atoms. The van der Waals surface area contributed by atoms with Gasteiger partial charge in [0.05, 0.1) is 6.42 Å². The van der Waals surface area contributed by atoms with Gasteiger partial charge in [-0.25, -0.2) is 0 Å². The third kappa shape index (κ3) is 5.20. The van der Waals surface area contributed by atoms with Crippen molar-refractivity contribution < 1.29 is 13.9 Å². The summed E-state index contributed by atoms with van der Waals surface area (Å²) in [5.74, 6) is 1.09. The first-order valence-corrected chi connectivity index (χ1v) is 9.80. The number of aromatic nitrogens is 2. The summed E-state index contributed by atoms with van der Waals surface area (Å²) in [7, 11) is 0. The molecule has 0 aliphatic heterocycles. The molecule has 0 fully saturated rings. The fourth-order valence-electron chi connectivity index (χ4n) is 2.46. The Morgan fingerprint density at radius 1 is 1.11 bits per heavy atom. The van der Waals surface area contributed by atoms with Crippen molar-refractivity contribution in [1.82, 2.24) is 10.2 Å². The number of hydrogen-bond acceptors (Lipinski definition) is 6. The third-order valence-electron chi connectivity index (χ3n) is 4.17. The van der Waals surface area contributed by atoms with Crippen LogP contribution in [-0.4, -0.2) is 21.9 Å². The quantitative estimate of drug-likeness (QED) is 0.416. The van der Waals surface area contributed by atoms with Gasteiger partial charge in [-0.05, 0) is 56.2 Å². The van der Waals surface area contributed by atoms with Gasteiger partial charge < -0.3 is 9.15 Å². The summed E-state index contributed by atoms with van der Waals surface area (Å²) in [6.07, 6.45) is -0.254. The van der Waals surface area contributed by atoms with Crippen molar-refractivity contribution in [2.75, 3.05) is 5.75 Å². The zero-order chi connectivity index (χ0) is 19.2. The molecule has 2 aromatic carbocycles. The molecule has 0 spiro atoms. The molecule has 5 nitrogen and oxygen atoms in total. The normalized spacial score (nSPS) is 12.0. The number of hydrogen-bond donors (Lipinski definition) is 0. The molecule has 0 saturated heterocycles. The highest BCUT2D eigenvalue weighted by atomic mass is 32.2. The highest BCUT2D eigenvalue weighted by molar-refractivity contribution is 7.99. The first-order chi connectivity index (χ1) is 13.0. The molecule has 3 aromatic rings. The van der Waals surface area contributed by atoms with Crippen LogP contribution in [0.15, 0.2) is 57.8 Å². The molecule has 0 amide bonds. The second-order valence-electron chi connectivity index (χ2n) is 6.29. The Hall–Kier alpha value is -2.60. The molecule has 0 radical (unpaired) electrons. The Kier molecular flexibility index (Phi) is 6.29. The minimum Gasteiger partial charge on any atom is -0.453 e. The van der Waals surface area contributed by atoms with Gasteiger partial charge in [-0.2, -0.15) is 0 Å². The Labute approximate surface area is 163 Å². The van der Waals surface area contributed by atoms with Gasteiger partial charge in [0.15, 0.2) is 6.10 Å². The SMILES string of the molecule is Cc1ccc(SCCC(=O)OC(C)c2nnc(-c3ccccc3)o2)cc1C. The van der Waals surface area contributed by atoms with Crippen molar-refractivity contribution in [2.45, 2.75) is 38.2 Å². The van der Waals surface area contributed by atoms with Crippen LogP contribution in [-0.2, 0) is 9.53 Å².